The number of aliphatic carboxylic acids is 3. The second kappa shape index (κ2) is 25.3. The fourth-order valence-corrected chi connectivity index (χ4v) is 11.2. The van der Waals surface area contributed by atoms with Crippen molar-refractivity contribution in [3.05, 3.63) is 0 Å². The van der Waals surface area contributed by atoms with Gasteiger partial charge in [0.2, 0.25) is 0 Å². The van der Waals surface area contributed by atoms with Gasteiger partial charge in [0.25, 0.3) is 0 Å². The monoisotopic (exact) mass is 912 g/mol. The van der Waals surface area contributed by atoms with Gasteiger partial charge in [0.15, 0.2) is 0 Å². The molecule has 15 atom stereocenters. The molecule has 3 N–H and O–H groups in total. The number of hydrogen-bond donors (Lipinski definition) is 3. The lowest BCUT2D eigenvalue weighted by atomic mass is 10.0. The van der Waals surface area contributed by atoms with Gasteiger partial charge in [0.1, 0.15) is 30.2 Å². The van der Waals surface area contributed by atoms with Gasteiger partial charge in [-0.3, -0.25) is 48.5 Å². The highest BCUT2D eigenvalue weighted by molar-refractivity contribution is 5.77. The fourth-order valence-electron chi connectivity index (χ4n) is 11.2. The van der Waals surface area contributed by atoms with E-state index in [1.165, 1.54) is 44.9 Å². The molecule has 10 fully saturated rings. The Balaban J connectivity index is 0.000000393. The number of rotatable bonds is 7. The first kappa shape index (κ1) is 59.2. The third kappa shape index (κ3) is 14.3. The molecule has 10 rings (SSSR count). The molecule has 0 aromatic heterocycles. The molecule has 0 amide bonds. The maximum atomic E-state index is 11.5. The minimum Gasteiger partial charge on any atom is -0.480 e. The summed E-state index contributed by atoms with van der Waals surface area (Å²) in [5.74, 6) is 2.16. The minimum absolute atomic E-state index is 0. The fraction of sp³-hybridized carbons (Fsp3) is 0.898. The van der Waals surface area contributed by atoms with E-state index in [1.54, 1.807) is 0 Å². The zero-order chi connectivity index (χ0) is 42.9. The summed E-state index contributed by atoms with van der Waals surface area (Å²) in [5, 5.41) is 26.4. The van der Waals surface area contributed by atoms with Gasteiger partial charge in [0.05, 0.1) is 13.2 Å². The molecule has 5 heterocycles. The summed E-state index contributed by atoms with van der Waals surface area (Å²) in [7, 11) is 9.89. The topological polar surface area (TPSA) is 181 Å². The molecule has 64 heavy (non-hydrogen) atoms. The lowest BCUT2D eigenvalue weighted by Gasteiger charge is -2.30. The molecule has 10 aliphatic rings. The van der Waals surface area contributed by atoms with E-state index in [1.807, 2.05) is 63.8 Å². The predicted molar refractivity (Wildman–Crippen MR) is 253 cm³/mol. The number of nitrogens with zero attached hydrogens (tertiary/aromatic N) is 5. The molecule has 0 unspecified atom stereocenters. The van der Waals surface area contributed by atoms with Gasteiger partial charge in [-0.05, 0) is 175 Å². The first-order valence-electron chi connectivity index (χ1n) is 22.7. The van der Waals surface area contributed by atoms with Crippen LogP contribution in [0.25, 0.3) is 0 Å². The van der Waals surface area contributed by atoms with Crippen LogP contribution in [0.5, 0.6) is 0 Å². The maximum absolute atomic E-state index is 11.5. The van der Waals surface area contributed by atoms with E-state index in [-0.39, 0.29) is 79.3 Å². The average Bonchev–Trinajstić information content (AvgIpc) is 3.99. The van der Waals surface area contributed by atoms with Crippen molar-refractivity contribution in [3.63, 3.8) is 0 Å². The number of carbonyl (C=O) groups excluding carboxylic acids is 2. The van der Waals surface area contributed by atoms with Gasteiger partial charge in [-0.2, -0.15) is 0 Å². The zero-order valence-electron chi connectivity index (χ0n) is 36.6. The van der Waals surface area contributed by atoms with Crippen molar-refractivity contribution in [3.8, 4) is 0 Å². The van der Waals surface area contributed by atoms with E-state index in [0.717, 1.165) is 81.0 Å². The Labute approximate surface area is 387 Å². The standard InChI is InChI=1S/2C10H17NO2.3C8H13NO2.5CH4/c2*1-3-13-10(12)8-5-4-7-6-9(7)11(8)2;3*1-9-6(8(10)11)3-2-5-4-7(5)9;;;;;/h2*7-9H,3-6H2,1-2H3;3*5-7H,2-4H2,1H3,(H,10,11);5*1H4/t7-,8+,9+;7-,8-,9+;5-,6+,7+;2*5-,6-,7+;;;;;/m10100...../s1. The summed E-state index contributed by atoms with van der Waals surface area (Å²) in [5.41, 5.74) is 0. The quantitative estimate of drug-likeness (QED) is 0.224. The average molecular weight is 912 g/mol. The van der Waals surface area contributed by atoms with Gasteiger partial charge in [-0.25, -0.2) is 0 Å². The van der Waals surface area contributed by atoms with E-state index in [9.17, 15) is 24.0 Å². The highest BCUT2D eigenvalue weighted by atomic mass is 16.5. The molecule has 0 bridgehead atoms. The molecular formula is C49H93N5O10. The summed E-state index contributed by atoms with van der Waals surface area (Å²) < 4.78 is 10.1. The molecule has 5 aliphatic carbocycles. The van der Waals surface area contributed by atoms with Crippen LogP contribution in [0, 0.1) is 29.6 Å². The van der Waals surface area contributed by atoms with Crippen molar-refractivity contribution >= 4 is 29.8 Å². The molecule has 374 valence electrons. The Hall–Kier alpha value is -2.85. The van der Waals surface area contributed by atoms with E-state index < -0.39 is 17.9 Å². The third-order valence-corrected chi connectivity index (χ3v) is 15.5. The van der Waals surface area contributed by atoms with Crippen molar-refractivity contribution in [2.75, 3.05) is 48.5 Å². The van der Waals surface area contributed by atoms with Gasteiger partial charge >= 0.3 is 29.8 Å². The molecular weight excluding hydrogens is 819 g/mol. The molecule has 5 aliphatic heterocycles. The summed E-state index contributed by atoms with van der Waals surface area (Å²) in [6.07, 6.45) is 16.5. The summed E-state index contributed by atoms with van der Waals surface area (Å²) in [6, 6.07) is 2.54. The highest BCUT2D eigenvalue weighted by Crippen LogP contribution is 2.47. The molecule has 15 heteroatoms. The van der Waals surface area contributed by atoms with Crippen molar-refractivity contribution in [2.24, 2.45) is 29.6 Å². The Morgan fingerprint density at radius 1 is 0.375 bits per heavy atom. The number of carboxylic acid groups (broad SMARTS) is 3. The number of hydrogen-bond acceptors (Lipinski definition) is 12. The summed E-state index contributed by atoms with van der Waals surface area (Å²) in [4.78, 5) is 65.6. The van der Waals surface area contributed by atoms with Crippen LogP contribution in [0.2, 0.25) is 0 Å². The van der Waals surface area contributed by atoms with Crippen LogP contribution in [0.1, 0.15) is 147 Å². The lowest BCUT2D eigenvalue weighted by Crippen LogP contribution is -2.44. The van der Waals surface area contributed by atoms with Crippen molar-refractivity contribution in [2.45, 2.75) is 208 Å². The van der Waals surface area contributed by atoms with Crippen LogP contribution >= 0.6 is 0 Å². The Bertz CT molecular complexity index is 1370. The number of piperidine rings is 5. The number of likely N-dealkylation sites (tertiary alicyclic amines) is 5. The van der Waals surface area contributed by atoms with E-state index in [2.05, 4.69) is 9.80 Å². The first-order valence-corrected chi connectivity index (χ1v) is 22.7. The van der Waals surface area contributed by atoms with Crippen molar-refractivity contribution < 1.29 is 48.8 Å². The predicted octanol–water partition coefficient (Wildman–Crippen LogP) is 6.91. The normalized spacial score (nSPS) is 37.8. The third-order valence-electron chi connectivity index (χ3n) is 15.5. The second-order valence-corrected chi connectivity index (χ2v) is 19.1. The van der Waals surface area contributed by atoms with Crippen molar-refractivity contribution in [1.82, 2.24) is 24.5 Å². The molecule has 5 saturated heterocycles. The molecule has 0 radical (unpaired) electrons. The number of likely N-dealkylation sites (N-methyl/N-ethyl adjacent to an activating group) is 5. The van der Waals surface area contributed by atoms with Gasteiger partial charge in [-0.15, -0.1) is 0 Å². The Morgan fingerprint density at radius 3 is 0.750 bits per heavy atom. The van der Waals surface area contributed by atoms with Gasteiger partial charge in [0, 0.05) is 30.2 Å². The minimum atomic E-state index is -0.655. The molecule has 15 nitrogen and oxygen atoms in total. The number of ether oxygens (including phenoxy) is 2. The lowest BCUT2D eigenvalue weighted by molar-refractivity contribution is -0.151. The van der Waals surface area contributed by atoms with Crippen LogP contribution in [-0.2, 0) is 33.4 Å². The first-order chi connectivity index (χ1) is 28.1. The number of fused-ring (bicyclic) bond motifs is 5. The Kier molecular flexibility index (Phi) is 23.4. The van der Waals surface area contributed by atoms with Crippen LogP contribution in [0.4, 0.5) is 0 Å². The molecule has 0 spiro atoms. The van der Waals surface area contributed by atoms with E-state index in [4.69, 9.17) is 24.8 Å². The van der Waals surface area contributed by atoms with Crippen molar-refractivity contribution in [1.29, 1.82) is 0 Å². The Morgan fingerprint density at radius 2 is 0.562 bits per heavy atom. The van der Waals surface area contributed by atoms with E-state index in [0.29, 0.717) is 43.4 Å². The SMILES string of the molecule is C.C.C.C.C.CCOC(=O)[C@@H]1CC[C@@H]2C[C@@H]2N1C.CCOC(=O)[C@@H]1CC[C@H]2C[C@H]2N1C.CN1[C@@H]2C[C@@H]2CC[C@H]1C(=O)O.CN1[C@@H]2C[C@@H]2CC[C@H]1C(=O)O.CN1[C@H](C(=O)O)CC[C@@H]2C[C@@H]21. The number of carboxylic acids is 3. The largest absolute Gasteiger partial charge is 0.480 e. The second-order valence-electron chi connectivity index (χ2n) is 19.1. The van der Waals surface area contributed by atoms with Gasteiger partial charge < -0.3 is 24.8 Å². The van der Waals surface area contributed by atoms with Gasteiger partial charge in [-0.1, -0.05) is 37.1 Å². The molecule has 5 saturated carbocycles. The van der Waals surface area contributed by atoms with Crippen LogP contribution in [-0.4, -0.2) is 179 Å². The van der Waals surface area contributed by atoms with Crippen LogP contribution in [0.15, 0.2) is 0 Å². The maximum Gasteiger partial charge on any atom is 0.323 e. The summed E-state index contributed by atoms with van der Waals surface area (Å²) in [6.45, 7) is 4.72. The number of esters is 2. The highest BCUT2D eigenvalue weighted by Gasteiger charge is 2.51. The smallest absolute Gasteiger partial charge is 0.323 e. The molecule has 0 aromatic rings. The zero-order valence-corrected chi connectivity index (χ0v) is 36.6. The van der Waals surface area contributed by atoms with E-state index >= 15 is 0 Å². The van der Waals surface area contributed by atoms with Crippen LogP contribution in [0.3, 0.4) is 0 Å². The molecule has 0 aromatic carbocycles. The van der Waals surface area contributed by atoms with Crippen LogP contribution < -0.4 is 0 Å². The number of carbonyl (C=O) groups is 5. The summed E-state index contributed by atoms with van der Waals surface area (Å²) >= 11 is 0.